The summed E-state index contributed by atoms with van der Waals surface area (Å²) >= 11 is 8.47. The summed E-state index contributed by atoms with van der Waals surface area (Å²) in [7, 11) is 0. The summed E-state index contributed by atoms with van der Waals surface area (Å²) < 4.78 is 0. The van der Waals surface area contributed by atoms with Crippen LogP contribution in [0, 0.1) is 5.92 Å². The third kappa shape index (κ3) is 1.42. The van der Waals surface area contributed by atoms with E-state index in [-0.39, 0.29) is 4.87 Å². The molecule has 2 rings (SSSR count). The maximum Gasteiger partial charge on any atom is 0.0540 e. The van der Waals surface area contributed by atoms with Crippen molar-refractivity contribution >= 4 is 23.4 Å². The van der Waals surface area contributed by atoms with Gasteiger partial charge in [0.15, 0.2) is 0 Å². The molecule has 0 spiro atoms. The molecule has 1 aliphatic carbocycles. The van der Waals surface area contributed by atoms with Gasteiger partial charge in [-0.15, -0.1) is 11.6 Å². The molecule has 0 aromatic carbocycles. The molecule has 2 bridgehead atoms. The molecule has 1 heterocycles. The Morgan fingerprint density at radius 1 is 1.67 bits per heavy atom. The molecular formula is C10H15ClS. The zero-order chi connectivity index (χ0) is 8.77. The Balaban J connectivity index is 2.20. The van der Waals surface area contributed by atoms with Crippen molar-refractivity contribution < 1.29 is 0 Å². The second-order valence-electron chi connectivity index (χ2n) is 4.19. The standard InChI is InChI=1S/C10H15ClS/c1-7-3-4-8-5-9(7)12-6-10(8,2)11/h3,8-9H,4-6H2,1-2H3/t8-,9-,10+/m1/s1. The minimum Gasteiger partial charge on any atom is -0.152 e. The average Bonchev–Trinajstić information content (AvgIpc) is 2.02. The lowest BCUT2D eigenvalue weighted by atomic mass is 9.81. The van der Waals surface area contributed by atoms with Crippen LogP contribution in [0.2, 0.25) is 0 Å². The van der Waals surface area contributed by atoms with Crippen molar-refractivity contribution in [3.8, 4) is 0 Å². The predicted molar refractivity (Wildman–Crippen MR) is 57.0 cm³/mol. The SMILES string of the molecule is CC1=CC[C@@H]2C[C@H]1SC[C@]2(C)Cl. The van der Waals surface area contributed by atoms with Gasteiger partial charge >= 0.3 is 0 Å². The molecule has 1 aliphatic heterocycles. The zero-order valence-electron chi connectivity index (χ0n) is 7.64. The Hall–Kier alpha value is 0.380. The summed E-state index contributed by atoms with van der Waals surface area (Å²) in [4.78, 5) is 0.0539. The van der Waals surface area contributed by atoms with E-state index in [9.17, 15) is 0 Å². The van der Waals surface area contributed by atoms with Crippen LogP contribution in [-0.2, 0) is 0 Å². The van der Waals surface area contributed by atoms with E-state index in [1.54, 1.807) is 5.57 Å². The van der Waals surface area contributed by atoms with E-state index in [1.807, 2.05) is 11.8 Å². The van der Waals surface area contributed by atoms with Crippen LogP contribution < -0.4 is 0 Å². The molecule has 1 saturated heterocycles. The summed E-state index contributed by atoms with van der Waals surface area (Å²) in [6.45, 7) is 4.45. The zero-order valence-corrected chi connectivity index (χ0v) is 9.21. The fourth-order valence-corrected chi connectivity index (χ4v) is 3.93. The van der Waals surface area contributed by atoms with E-state index < -0.39 is 0 Å². The Kier molecular flexibility index (Phi) is 2.20. The lowest BCUT2D eigenvalue weighted by Gasteiger charge is -2.42. The Bertz CT molecular complexity index is 220. The van der Waals surface area contributed by atoms with E-state index in [1.165, 1.54) is 12.8 Å². The van der Waals surface area contributed by atoms with Crippen molar-refractivity contribution in [1.82, 2.24) is 0 Å². The third-order valence-electron chi connectivity index (χ3n) is 3.15. The van der Waals surface area contributed by atoms with Gasteiger partial charge in [-0.05, 0) is 32.6 Å². The Morgan fingerprint density at radius 2 is 2.42 bits per heavy atom. The number of hydrogen-bond acceptors (Lipinski definition) is 1. The molecule has 0 saturated carbocycles. The first-order valence-corrected chi connectivity index (χ1v) is 5.99. The lowest BCUT2D eigenvalue weighted by molar-refractivity contribution is 0.373. The van der Waals surface area contributed by atoms with Crippen molar-refractivity contribution in [2.45, 2.75) is 36.8 Å². The maximum atomic E-state index is 6.44. The summed E-state index contributed by atoms with van der Waals surface area (Å²) in [5, 5.41) is 0.774. The Morgan fingerprint density at radius 3 is 3.17 bits per heavy atom. The van der Waals surface area contributed by atoms with Gasteiger partial charge in [0, 0.05) is 11.0 Å². The summed E-state index contributed by atoms with van der Waals surface area (Å²) in [6, 6.07) is 0. The van der Waals surface area contributed by atoms with Crippen molar-refractivity contribution in [3.63, 3.8) is 0 Å². The van der Waals surface area contributed by atoms with Crippen molar-refractivity contribution in [2.24, 2.45) is 5.92 Å². The van der Waals surface area contributed by atoms with Gasteiger partial charge in [-0.25, -0.2) is 0 Å². The molecular weight excluding hydrogens is 188 g/mol. The number of thioether (sulfide) groups is 1. The van der Waals surface area contributed by atoms with Crippen LogP contribution in [0.1, 0.15) is 26.7 Å². The molecule has 2 heteroatoms. The molecule has 0 radical (unpaired) electrons. The van der Waals surface area contributed by atoms with Crippen LogP contribution in [0.5, 0.6) is 0 Å². The molecule has 0 aromatic heterocycles. The monoisotopic (exact) mass is 202 g/mol. The number of rotatable bonds is 0. The number of hydrogen-bond donors (Lipinski definition) is 0. The smallest absolute Gasteiger partial charge is 0.0540 e. The van der Waals surface area contributed by atoms with Gasteiger partial charge in [0.1, 0.15) is 0 Å². The predicted octanol–water partition coefficient (Wildman–Crippen LogP) is 3.46. The number of halogens is 1. The van der Waals surface area contributed by atoms with E-state index >= 15 is 0 Å². The van der Waals surface area contributed by atoms with E-state index in [2.05, 4.69) is 19.9 Å². The summed E-state index contributed by atoms with van der Waals surface area (Å²) in [5.41, 5.74) is 1.57. The highest BCUT2D eigenvalue weighted by atomic mass is 35.5. The molecule has 2 aliphatic rings. The Labute approximate surface area is 83.7 Å². The molecule has 0 N–H and O–H groups in total. The van der Waals surface area contributed by atoms with Crippen LogP contribution in [0.25, 0.3) is 0 Å². The lowest BCUT2D eigenvalue weighted by Crippen LogP contribution is -2.40. The second kappa shape index (κ2) is 2.95. The normalized spacial score (nSPS) is 47.1. The van der Waals surface area contributed by atoms with Crippen LogP contribution in [0.3, 0.4) is 0 Å². The summed E-state index contributed by atoms with van der Waals surface area (Å²) in [5.74, 6) is 1.84. The quantitative estimate of drug-likeness (QED) is 0.428. The van der Waals surface area contributed by atoms with E-state index in [4.69, 9.17) is 11.6 Å². The number of alkyl halides is 1. The van der Waals surface area contributed by atoms with Gasteiger partial charge in [0.05, 0.1) is 4.87 Å². The summed E-state index contributed by atoms with van der Waals surface area (Å²) in [6.07, 6.45) is 4.88. The minimum absolute atomic E-state index is 0.0539. The van der Waals surface area contributed by atoms with Crippen LogP contribution in [0.15, 0.2) is 11.6 Å². The van der Waals surface area contributed by atoms with Crippen LogP contribution in [0.4, 0.5) is 0 Å². The van der Waals surface area contributed by atoms with Gasteiger partial charge in [-0.1, -0.05) is 11.6 Å². The van der Waals surface area contributed by atoms with Gasteiger partial charge in [-0.2, -0.15) is 11.8 Å². The van der Waals surface area contributed by atoms with Crippen molar-refractivity contribution in [3.05, 3.63) is 11.6 Å². The third-order valence-corrected chi connectivity index (χ3v) is 5.48. The topological polar surface area (TPSA) is 0 Å². The first-order valence-electron chi connectivity index (χ1n) is 4.57. The van der Waals surface area contributed by atoms with Crippen LogP contribution >= 0.6 is 23.4 Å². The number of allylic oxidation sites excluding steroid dienone is 1. The second-order valence-corrected chi connectivity index (χ2v) is 6.25. The van der Waals surface area contributed by atoms with E-state index in [0.717, 1.165) is 11.0 Å². The van der Waals surface area contributed by atoms with E-state index in [0.29, 0.717) is 5.92 Å². The first kappa shape index (κ1) is 8.96. The average molecular weight is 203 g/mol. The van der Waals surface area contributed by atoms with Gasteiger partial charge in [0.2, 0.25) is 0 Å². The molecule has 0 aromatic rings. The fraction of sp³-hybridized carbons (Fsp3) is 0.800. The molecule has 0 unspecified atom stereocenters. The van der Waals surface area contributed by atoms with Crippen molar-refractivity contribution in [2.75, 3.05) is 5.75 Å². The van der Waals surface area contributed by atoms with Gasteiger partial charge in [0.25, 0.3) is 0 Å². The number of fused-ring (bicyclic) bond motifs is 2. The highest BCUT2D eigenvalue weighted by Gasteiger charge is 2.40. The highest BCUT2D eigenvalue weighted by Crippen LogP contribution is 2.47. The van der Waals surface area contributed by atoms with Crippen LogP contribution in [-0.4, -0.2) is 15.9 Å². The molecule has 0 nitrogen and oxygen atoms in total. The first-order chi connectivity index (χ1) is 5.59. The molecule has 68 valence electrons. The largest absolute Gasteiger partial charge is 0.152 e. The molecule has 12 heavy (non-hydrogen) atoms. The van der Waals surface area contributed by atoms with Gasteiger partial charge in [-0.3, -0.25) is 0 Å². The highest BCUT2D eigenvalue weighted by molar-refractivity contribution is 8.00. The van der Waals surface area contributed by atoms with Gasteiger partial charge < -0.3 is 0 Å². The maximum absolute atomic E-state index is 6.44. The fourth-order valence-electron chi connectivity index (χ4n) is 2.07. The molecule has 1 fully saturated rings. The molecule has 3 atom stereocenters. The van der Waals surface area contributed by atoms with Crippen molar-refractivity contribution in [1.29, 1.82) is 0 Å². The molecule has 0 amide bonds. The minimum atomic E-state index is 0.0539.